The molecular formula is C14H17N3O2. The molecule has 3 rings (SSSR count). The zero-order valence-corrected chi connectivity index (χ0v) is 10.9. The summed E-state index contributed by atoms with van der Waals surface area (Å²) in [7, 11) is 1.38. The third-order valence-electron chi connectivity index (χ3n) is 3.58. The van der Waals surface area contributed by atoms with Crippen LogP contribution in [0.4, 0.5) is 0 Å². The molecule has 1 aliphatic heterocycles. The number of nitrogens with zero attached hydrogens (tertiary/aromatic N) is 2. The van der Waals surface area contributed by atoms with Crippen molar-refractivity contribution < 1.29 is 9.53 Å². The van der Waals surface area contributed by atoms with Crippen molar-refractivity contribution in [3.05, 3.63) is 35.9 Å². The normalized spacial score (nSPS) is 19.5. The van der Waals surface area contributed by atoms with Gasteiger partial charge in [0.15, 0.2) is 5.69 Å². The predicted octanol–water partition coefficient (Wildman–Crippen LogP) is 1.94. The molecule has 100 valence electrons. The number of pyridine rings is 1. The van der Waals surface area contributed by atoms with Gasteiger partial charge in [-0.3, -0.25) is 0 Å². The maximum absolute atomic E-state index is 11.8. The third-order valence-corrected chi connectivity index (χ3v) is 3.58. The van der Waals surface area contributed by atoms with E-state index in [0.717, 1.165) is 24.3 Å². The first-order valence-corrected chi connectivity index (χ1v) is 6.60. The Morgan fingerprint density at radius 2 is 2.37 bits per heavy atom. The average molecular weight is 259 g/mol. The Bertz CT molecular complexity index is 600. The van der Waals surface area contributed by atoms with E-state index in [2.05, 4.69) is 10.3 Å². The second kappa shape index (κ2) is 5.01. The van der Waals surface area contributed by atoms with E-state index in [4.69, 9.17) is 4.74 Å². The van der Waals surface area contributed by atoms with Crippen molar-refractivity contribution >= 4 is 11.5 Å². The van der Waals surface area contributed by atoms with Gasteiger partial charge in [-0.15, -0.1) is 0 Å². The minimum atomic E-state index is -0.384. The molecule has 1 unspecified atom stereocenters. The lowest BCUT2D eigenvalue weighted by Crippen LogP contribution is -2.28. The van der Waals surface area contributed by atoms with Crippen LogP contribution in [0.3, 0.4) is 0 Å². The number of fused-ring (bicyclic) bond motifs is 1. The minimum Gasteiger partial charge on any atom is -0.464 e. The Balaban J connectivity index is 2.11. The van der Waals surface area contributed by atoms with Crippen molar-refractivity contribution in [2.75, 3.05) is 13.7 Å². The van der Waals surface area contributed by atoms with Gasteiger partial charge in [0.2, 0.25) is 0 Å². The van der Waals surface area contributed by atoms with Gasteiger partial charge in [-0.05, 0) is 31.5 Å². The summed E-state index contributed by atoms with van der Waals surface area (Å²) in [6.45, 7) is 1.000. The molecule has 0 amide bonds. The summed E-state index contributed by atoms with van der Waals surface area (Å²) in [5, 5.41) is 3.46. The van der Waals surface area contributed by atoms with Crippen LogP contribution in [0.25, 0.3) is 5.52 Å². The molecule has 3 heterocycles. The van der Waals surface area contributed by atoms with Crippen LogP contribution in [0.5, 0.6) is 0 Å². The fourth-order valence-electron chi connectivity index (χ4n) is 2.63. The van der Waals surface area contributed by atoms with Crippen molar-refractivity contribution in [2.24, 2.45) is 0 Å². The Labute approximate surface area is 111 Å². The maximum atomic E-state index is 11.8. The lowest BCUT2D eigenvalue weighted by molar-refractivity contribution is 0.0596. The van der Waals surface area contributed by atoms with Crippen LogP contribution in [-0.2, 0) is 4.74 Å². The number of aromatic nitrogens is 2. The Kier molecular flexibility index (Phi) is 3.21. The van der Waals surface area contributed by atoms with Crippen molar-refractivity contribution in [3.63, 3.8) is 0 Å². The number of nitrogens with one attached hydrogen (secondary N) is 1. The molecule has 1 fully saturated rings. The Hall–Kier alpha value is -1.88. The first-order valence-electron chi connectivity index (χ1n) is 6.60. The summed E-state index contributed by atoms with van der Waals surface area (Å²) in [4.78, 5) is 16.3. The highest BCUT2D eigenvalue weighted by molar-refractivity contribution is 5.95. The molecule has 0 aromatic carbocycles. The van der Waals surface area contributed by atoms with Crippen molar-refractivity contribution in [3.8, 4) is 0 Å². The second-order valence-corrected chi connectivity index (χ2v) is 4.77. The molecule has 2 aromatic rings. The number of piperidine rings is 1. The van der Waals surface area contributed by atoms with Gasteiger partial charge >= 0.3 is 5.97 Å². The summed E-state index contributed by atoms with van der Waals surface area (Å²) < 4.78 is 6.79. The van der Waals surface area contributed by atoms with E-state index in [0.29, 0.717) is 5.69 Å². The lowest BCUT2D eigenvalue weighted by Gasteiger charge is -2.22. The monoisotopic (exact) mass is 259 g/mol. The molecule has 0 radical (unpaired) electrons. The van der Waals surface area contributed by atoms with E-state index < -0.39 is 0 Å². The highest BCUT2D eigenvalue weighted by Gasteiger charge is 2.24. The van der Waals surface area contributed by atoms with Gasteiger partial charge in [0, 0.05) is 6.20 Å². The largest absolute Gasteiger partial charge is 0.464 e. The smallest absolute Gasteiger partial charge is 0.358 e. The van der Waals surface area contributed by atoms with E-state index >= 15 is 0 Å². The van der Waals surface area contributed by atoms with Crippen molar-refractivity contribution in [1.82, 2.24) is 14.7 Å². The fourth-order valence-corrected chi connectivity index (χ4v) is 2.63. The summed E-state index contributed by atoms with van der Waals surface area (Å²) in [5.41, 5.74) is 1.20. The number of rotatable bonds is 2. The quantitative estimate of drug-likeness (QED) is 0.837. The molecule has 0 saturated carbocycles. The number of methoxy groups -OCH3 is 1. The molecule has 0 aliphatic carbocycles. The highest BCUT2D eigenvalue weighted by atomic mass is 16.5. The number of hydrogen-bond acceptors (Lipinski definition) is 4. The van der Waals surface area contributed by atoms with Crippen LogP contribution in [-0.4, -0.2) is 29.0 Å². The zero-order valence-electron chi connectivity index (χ0n) is 10.9. The maximum Gasteiger partial charge on any atom is 0.358 e. The second-order valence-electron chi connectivity index (χ2n) is 4.77. The molecule has 1 atom stereocenters. The van der Waals surface area contributed by atoms with Gasteiger partial charge in [-0.2, -0.15) is 0 Å². The molecule has 0 spiro atoms. The van der Waals surface area contributed by atoms with Crippen LogP contribution < -0.4 is 5.32 Å². The summed E-state index contributed by atoms with van der Waals surface area (Å²) in [6, 6.07) is 5.96. The van der Waals surface area contributed by atoms with E-state index in [1.54, 1.807) is 0 Å². The van der Waals surface area contributed by atoms with Crippen LogP contribution in [0.15, 0.2) is 24.4 Å². The van der Waals surface area contributed by atoms with Crippen LogP contribution in [0, 0.1) is 0 Å². The molecule has 2 aromatic heterocycles. The number of carbonyl (C=O) groups excluding carboxylic acids is 1. The molecule has 1 aliphatic rings. The van der Waals surface area contributed by atoms with Crippen molar-refractivity contribution in [2.45, 2.75) is 25.3 Å². The number of carbonyl (C=O) groups is 1. The van der Waals surface area contributed by atoms with E-state index in [1.165, 1.54) is 20.0 Å². The molecule has 19 heavy (non-hydrogen) atoms. The Morgan fingerprint density at radius 1 is 1.47 bits per heavy atom. The topological polar surface area (TPSA) is 55.6 Å². The first-order chi connectivity index (χ1) is 9.31. The van der Waals surface area contributed by atoms with Crippen LogP contribution >= 0.6 is 0 Å². The molecule has 1 N–H and O–H groups in total. The van der Waals surface area contributed by atoms with Crippen molar-refractivity contribution in [1.29, 1.82) is 0 Å². The Morgan fingerprint density at radius 3 is 3.11 bits per heavy atom. The SMILES string of the molecule is COC(=O)c1nc(C2CCCCN2)n2ccccc12. The molecule has 5 nitrogen and oxygen atoms in total. The van der Waals surface area contributed by atoms with Gasteiger partial charge < -0.3 is 14.5 Å². The number of hydrogen-bond donors (Lipinski definition) is 1. The highest BCUT2D eigenvalue weighted by Crippen LogP contribution is 2.25. The van der Waals surface area contributed by atoms with Gasteiger partial charge in [0.05, 0.1) is 18.7 Å². The summed E-state index contributed by atoms with van der Waals surface area (Å²) in [5.74, 6) is 0.515. The summed E-state index contributed by atoms with van der Waals surface area (Å²) >= 11 is 0. The fraction of sp³-hybridized carbons (Fsp3) is 0.429. The van der Waals surface area contributed by atoms with Gasteiger partial charge in [-0.1, -0.05) is 12.5 Å². The van der Waals surface area contributed by atoms with Gasteiger partial charge in [0.1, 0.15) is 5.82 Å². The molecule has 0 bridgehead atoms. The first kappa shape index (κ1) is 12.2. The van der Waals surface area contributed by atoms with Crippen LogP contribution in [0.2, 0.25) is 0 Å². The molecular weight excluding hydrogens is 242 g/mol. The van der Waals surface area contributed by atoms with Gasteiger partial charge in [-0.25, -0.2) is 9.78 Å². The third kappa shape index (κ3) is 2.10. The number of imidazole rings is 1. The zero-order chi connectivity index (χ0) is 13.2. The predicted molar refractivity (Wildman–Crippen MR) is 71.1 cm³/mol. The number of ether oxygens (including phenoxy) is 1. The minimum absolute atomic E-state index is 0.210. The molecule has 5 heteroatoms. The average Bonchev–Trinajstić information content (AvgIpc) is 2.87. The summed E-state index contributed by atoms with van der Waals surface area (Å²) in [6.07, 6.45) is 5.38. The standard InChI is InChI=1S/C14H17N3O2/c1-19-14(18)12-11-7-3-5-9-17(11)13(16-12)10-6-2-4-8-15-10/h3,5,7,9-10,15H,2,4,6,8H2,1H3. The number of esters is 1. The lowest BCUT2D eigenvalue weighted by atomic mass is 10.0. The van der Waals surface area contributed by atoms with Crippen LogP contribution in [0.1, 0.15) is 41.6 Å². The van der Waals surface area contributed by atoms with Gasteiger partial charge in [0.25, 0.3) is 0 Å². The molecule has 1 saturated heterocycles. The van der Waals surface area contributed by atoms with E-state index in [9.17, 15) is 4.79 Å². The van der Waals surface area contributed by atoms with E-state index in [1.807, 2.05) is 28.8 Å². The van der Waals surface area contributed by atoms with E-state index in [-0.39, 0.29) is 12.0 Å².